The first-order valence-electron chi connectivity index (χ1n) is 5.63. The first-order chi connectivity index (χ1) is 8.33. The van der Waals surface area contributed by atoms with Crippen molar-refractivity contribution in [3.63, 3.8) is 0 Å². The molecule has 1 aliphatic carbocycles. The van der Waals surface area contributed by atoms with Crippen molar-refractivity contribution < 1.29 is 18.7 Å². The first-order valence-corrected chi connectivity index (χ1v) is 5.63. The maximum absolute atomic E-state index is 13.4. The molecule has 1 N–H and O–H groups in total. The summed E-state index contributed by atoms with van der Waals surface area (Å²) in [4.78, 5) is 16.7. The molecule has 1 fully saturated rings. The van der Waals surface area contributed by atoms with E-state index in [0.29, 0.717) is 18.9 Å². The Kier molecular flexibility index (Phi) is 3.06. The Hall–Kier alpha value is -1.56. The van der Waals surface area contributed by atoms with Gasteiger partial charge in [0.2, 0.25) is 0 Å². The highest BCUT2D eigenvalue weighted by Crippen LogP contribution is 2.35. The van der Waals surface area contributed by atoms with E-state index < -0.39 is 28.8 Å². The maximum atomic E-state index is 13.4. The maximum Gasteiger partial charge on any atom is 0.275 e. The Morgan fingerprint density at radius 3 is 2.72 bits per heavy atom. The average molecular weight is 256 g/mol. The van der Waals surface area contributed by atoms with Gasteiger partial charge in [-0.2, -0.15) is 0 Å². The molecule has 0 unspecified atom stereocenters. The highest BCUT2D eigenvalue weighted by Gasteiger charge is 2.45. The van der Waals surface area contributed by atoms with E-state index in [-0.39, 0.29) is 6.04 Å². The summed E-state index contributed by atoms with van der Waals surface area (Å²) in [5.41, 5.74) is -1.39. The highest BCUT2D eigenvalue weighted by molar-refractivity contribution is 5.92. The molecule has 0 aliphatic heterocycles. The number of halogens is 2. The monoisotopic (exact) mass is 256 g/mol. The van der Waals surface area contributed by atoms with E-state index >= 15 is 0 Å². The lowest BCUT2D eigenvalue weighted by Crippen LogP contribution is -2.59. The zero-order valence-electron chi connectivity index (χ0n) is 10.2. The van der Waals surface area contributed by atoms with Crippen LogP contribution in [0, 0.1) is 11.6 Å². The lowest BCUT2D eigenvalue weighted by molar-refractivity contribution is -0.0860. The molecule has 1 aromatic heterocycles. The zero-order chi connectivity index (χ0) is 13.5. The predicted octanol–water partition coefficient (Wildman–Crippen LogP) is 1.35. The lowest BCUT2D eigenvalue weighted by Gasteiger charge is -2.47. The SMILES string of the molecule is CN(C(=O)c1ncc(F)cc1F)[C@@H]1CC[C@@]1(C)O. The van der Waals surface area contributed by atoms with Crippen molar-refractivity contribution in [3.05, 3.63) is 29.6 Å². The van der Waals surface area contributed by atoms with Crippen LogP contribution in [0.1, 0.15) is 30.3 Å². The van der Waals surface area contributed by atoms with Gasteiger partial charge in [0.25, 0.3) is 5.91 Å². The van der Waals surface area contributed by atoms with Crippen molar-refractivity contribution in [3.8, 4) is 0 Å². The molecule has 0 aromatic carbocycles. The molecule has 0 radical (unpaired) electrons. The number of hydrogen-bond donors (Lipinski definition) is 1. The van der Waals surface area contributed by atoms with E-state index in [0.717, 1.165) is 6.20 Å². The van der Waals surface area contributed by atoms with Crippen LogP contribution in [-0.2, 0) is 0 Å². The standard InChI is InChI=1S/C12H14F2N2O2/c1-12(18)4-3-9(12)16(2)11(17)10-8(14)5-7(13)6-15-10/h5-6,9,18H,3-4H2,1-2H3/t9-,12-/m1/s1. The van der Waals surface area contributed by atoms with Gasteiger partial charge in [0.15, 0.2) is 11.5 Å². The number of likely N-dealkylation sites (N-methyl/N-ethyl adjacent to an activating group) is 1. The molecule has 0 saturated heterocycles. The van der Waals surface area contributed by atoms with Crippen LogP contribution >= 0.6 is 0 Å². The van der Waals surface area contributed by atoms with E-state index in [1.54, 1.807) is 6.92 Å². The van der Waals surface area contributed by atoms with Crippen LogP contribution in [0.2, 0.25) is 0 Å². The van der Waals surface area contributed by atoms with E-state index in [1.165, 1.54) is 11.9 Å². The fourth-order valence-electron chi connectivity index (χ4n) is 2.18. The van der Waals surface area contributed by atoms with Crippen molar-refractivity contribution >= 4 is 5.91 Å². The molecule has 1 amide bonds. The number of hydrogen-bond acceptors (Lipinski definition) is 3. The fraction of sp³-hybridized carbons (Fsp3) is 0.500. The molecule has 6 heteroatoms. The summed E-state index contributed by atoms with van der Waals surface area (Å²) in [5, 5.41) is 9.88. The van der Waals surface area contributed by atoms with Gasteiger partial charge >= 0.3 is 0 Å². The van der Waals surface area contributed by atoms with Gasteiger partial charge in [-0.25, -0.2) is 13.8 Å². The molecule has 2 atom stereocenters. The minimum Gasteiger partial charge on any atom is -0.388 e. The number of carbonyl (C=O) groups excluding carboxylic acids is 1. The third-order valence-electron chi connectivity index (χ3n) is 3.44. The number of amides is 1. The van der Waals surface area contributed by atoms with Crippen molar-refractivity contribution in [2.24, 2.45) is 0 Å². The molecule has 1 heterocycles. The van der Waals surface area contributed by atoms with Crippen molar-refractivity contribution in [1.29, 1.82) is 0 Å². The molecular weight excluding hydrogens is 242 g/mol. The lowest BCUT2D eigenvalue weighted by atomic mass is 9.75. The summed E-state index contributed by atoms with van der Waals surface area (Å²) in [6.45, 7) is 1.62. The van der Waals surface area contributed by atoms with Gasteiger partial charge in [0.05, 0.1) is 17.8 Å². The highest BCUT2D eigenvalue weighted by atomic mass is 19.1. The van der Waals surface area contributed by atoms with E-state index in [1.807, 2.05) is 0 Å². The second-order valence-electron chi connectivity index (χ2n) is 4.81. The van der Waals surface area contributed by atoms with Crippen molar-refractivity contribution in [2.75, 3.05) is 7.05 Å². The van der Waals surface area contributed by atoms with Crippen molar-refractivity contribution in [1.82, 2.24) is 9.88 Å². The summed E-state index contributed by atoms with van der Waals surface area (Å²) in [7, 11) is 1.48. The number of nitrogens with zero attached hydrogens (tertiary/aromatic N) is 2. The normalized spacial score (nSPS) is 26.6. The smallest absolute Gasteiger partial charge is 0.275 e. The quantitative estimate of drug-likeness (QED) is 0.869. The van der Waals surface area contributed by atoms with Gasteiger partial charge in [-0.05, 0) is 19.8 Å². The van der Waals surface area contributed by atoms with Crippen LogP contribution in [0.25, 0.3) is 0 Å². The molecule has 18 heavy (non-hydrogen) atoms. The predicted molar refractivity (Wildman–Crippen MR) is 59.9 cm³/mol. The Morgan fingerprint density at radius 2 is 2.28 bits per heavy atom. The summed E-state index contributed by atoms with van der Waals surface area (Å²) < 4.78 is 26.1. The molecule has 0 bridgehead atoms. The minimum absolute atomic E-state index is 0.365. The number of rotatable bonds is 2. The van der Waals surface area contributed by atoms with Crippen LogP contribution < -0.4 is 0 Å². The largest absolute Gasteiger partial charge is 0.388 e. The summed E-state index contributed by atoms with van der Waals surface area (Å²) >= 11 is 0. The third kappa shape index (κ3) is 2.08. The first kappa shape index (κ1) is 12.9. The van der Waals surface area contributed by atoms with Gasteiger partial charge in [-0.3, -0.25) is 4.79 Å². The average Bonchev–Trinajstić information content (AvgIpc) is 2.27. The molecule has 1 saturated carbocycles. The minimum atomic E-state index is -0.995. The molecular formula is C12H14F2N2O2. The van der Waals surface area contributed by atoms with Gasteiger partial charge in [0, 0.05) is 13.1 Å². The second-order valence-corrected chi connectivity index (χ2v) is 4.81. The van der Waals surface area contributed by atoms with Gasteiger partial charge < -0.3 is 10.0 Å². The summed E-state index contributed by atoms with van der Waals surface area (Å²) in [6, 6.07) is 0.253. The Morgan fingerprint density at radius 1 is 1.61 bits per heavy atom. The van der Waals surface area contributed by atoms with Crippen LogP contribution in [0.4, 0.5) is 8.78 Å². The molecule has 1 aromatic rings. The number of carbonyl (C=O) groups is 1. The third-order valence-corrected chi connectivity index (χ3v) is 3.44. The zero-order valence-corrected chi connectivity index (χ0v) is 10.2. The van der Waals surface area contributed by atoms with Gasteiger partial charge in [-0.15, -0.1) is 0 Å². The summed E-state index contributed by atoms with van der Waals surface area (Å²) in [5.74, 6) is -2.48. The second kappa shape index (κ2) is 4.28. The topological polar surface area (TPSA) is 53.4 Å². The Labute approximate surface area is 103 Å². The van der Waals surface area contributed by atoms with E-state index in [2.05, 4.69) is 4.98 Å². The fourth-order valence-corrected chi connectivity index (χ4v) is 2.18. The van der Waals surface area contributed by atoms with E-state index in [4.69, 9.17) is 0 Å². The molecule has 1 aliphatic rings. The van der Waals surface area contributed by atoms with Crippen LogP contribution in [0.5, 0.6) is 0 Å². The Bertz CT molecular complexity index is 491. The Balaban J connectivity index is 2.21. The van der Waals surface area contributed by atoms with Crippen LogP contribution in [-0.4, -0.2) is 39.6 Å². The molecule has 0 spiro atoms. The van der Waals surface area contributed by atoms with E-state index in [9.17, 15) is 18.7 Å². The van der Waals surface area contributed by atoms with Crippen LogP contribution in [0.3, 0.4) is 0 Å². The number of aromatic nitrogens is 1. The summed E-state index contributed by atoms with van der Waals surface area (Å²) in [6.07, 6.45) is 2.04. The van der Waals surface area contributed by atoms with Crippen LogP contribution in [0.15, 0.2) is 12.3 Å². The number of aliphatic hydroxyl groups is 1. The number of pyridine rings is 1. The van der Waals surface area contributed by atoms with Gasteiger partial charge in [-0.1, -0.05) is 0 Å². The molecule has 4 nitrogen and oxygen atoms in total. The molecule has 2 rings (SSSR count). The van der Waals surface area contributed by atoms with Gasteiger partial charge in [0.1, 0.15) is 5.82 Å². The van der Waals surface area contributed by atoms with Crippen molar-refractivity contribution in [2.45, 2.75) is 31.4 Å². The molecule has 98 valence electrons.